The van der Waals surface area contributed by atoms with E-state index in [9.17, 15) is 4.79 Å². The first-order valence-electron chi connectivity index (χ1n) is 9.82. The SMILES string of the molecule is Cc1ccc(OCCOCCN2CCC(CC(=O)NC(C)C)CC2)cc1. The fraction of sp³-hybridized carbons (Fsp3) is 0.667. The van der Waals surface area contributed by atoms with Crippen LogP contribution in [0.4, 0.5) is 0 Å². The second kappa shape index (κ2) is 11.2. The summed E-state index contributed by atoms with van der Waals surface area (Å²) in [5.74, 6) is 1.60. The Labute approximate surface area is 158 Å². The van der Waals surface area contributed by atoms with Crippen molar-refractivity contribution in [2.24, 2.45) is 5.92 Å². The van der Waals surface area contributed by atoms with Gasteiger partial charge in [0, 0.05) is 19.0 Å². The predicted octanol–water partition coefficient (Wildman–Crippen LogP) is 3.02. The fourth-order valence-corrected chi connectivity index (χ4v) is 3.21. The number of carbonyl (C=O) groups is 1. The number of aryl methyl sites for hydroxylation is 1. The molecule has 26 heavy (non-hydrogen) atoms. The van der Waals surface area contributed by atoms with E-state index in [0.29, 0.717) is 25.6 Å². The molecule has 1 heterocycles. The van der Waals surface area contributed by atoms with Gasteiger partial charge < -0.3 is 19.7 Å². The van der Waals surface area contributed by atoms with Crippen LogP contribution in [0.15, 0.2) is 24.3 Å². The van der Waals surface area contributed by atoms with Gasteiger partial charge >= 0.3 is 0 Å². The fourth-order valence-electron chi connectivity index (χ4n) is 3.21. The van der Waals surface area contributed by atoms with Crippen molar-refractivity contribution in [2.45, 2.75) is 46.1 Å². The van der Waals surface area contributed by atoms with E-state index in [1.165, 1.54) is 5.56 Å². The maximum absolute atomic E-state index is 11.8. The van der Waals surface area contributed by atoms with E-state index >= 15 is 0 Å². The number of benzene rings is 1. The number of piperidine rings is 1. The van der Waals surface area contributed by atoms with Crippen LogP contribution >= 0.6 is 0 Å². The largest absolute Gasteiger partial charge is 0.491 e. The number of hydrogen-bond donors (Lipinski definition) is 1. The second-order valence-electron chi connectivity index (χ2n) is 7.49. The van der Waals surface area contributed by atoms with Crippen LogP contribution in [-0.4, -0.2) is 56.3 Å². The van der Waals surface area contributed by atoms with Crippen molar-refractivity contribution in [1.82, 2.24) is 10.2 Å². The van der Waals surface area contributed by atoms with Crippen LogP contribution in [-0.2, 0) is 9.53 Å². The lowest BCUT2D eigenvalue weighted by Gasteiger charge is -2.31. The molecule has 0 bridgehead atoms. The molecule has 1 amide bonds. The highest BCUT2D eigenvalue weighted by molar-refractivity contribution is 5.76. The zero-order chi connectivity index (χ0) is 18.8. The number of nitrogens with one attached hydrogen (secondary N) is 1. The van der Waals surface area contributed by atoms with E-state index in [2.05, 4.69) is 17.1 Å². The number of amides is 1. The molecule has 5 heteroatoms. The molecule has 0 saturated carbocycles. The zero-order valence-electron chi connectivity index (χ0n) is 16.5. The Kier molecular flexibility index (Phi) is 8.92. The average molecular weight is 363 g/mol. The van der Waals surface area contributed by atoms with Gasteiger partial charge in [-0.3, -0.25) is 4.79 Å². The van der Waals surface area contributed by atoms with Gasteiger partial charge in [0.1, 0.15) is 12.4 Å². The predicted molar refractivity (Wildman–Crippen MR) is 105 cm³/mol. The molecule has 146 valence electrons. The third-order valence-corrected chi connectivity index (χ3v) is 4.70. The Morgan fingerprint density at radius 1 is 1.15 bits per heavy atom. The van der Waals surface area contributed by atoms with Crippen LogP contribution in [0.2, 0.25) is 0 Å². The molecular weight excluding hydrogens is 328 g/mol. The minimum absolute atomic E-state index is 0.190. The van der Waals surface area contributed by atoms with Gasteiger partial charge in [-0.25, -0.2) is 0 Å². The highest BCUT2D eigenvalue weighted by Crippen LogP contribution is 2.20. The van der Waals surface area contributed by atoms with Crippen LogP contribution in [0.25, 0.3) is 0 Å². The highest BCUT2D eigenvalue weighted by atomic mass is 16.5. The van der Waals surface area contributed by atoms with Crippen LogP contribution in [0.1, 0.15) is 38.7 Å². The van der Waals surface area contributed by atoms with Crippen molar-refractivity contribution in [2.75, 3.05) is 39.5 Å². The number of nitrogens with zero attached hydrogens (tertiary/aromatic N) is 1. The molecule has 5 nitrogen and oxygen atoms in total. The maximum atomic E-state index is 11.8. The Hall–Kier alpha value is -1.59. The number of rotatable bonds is 10. The van der Waals surface area contributed by atoms with Crippen molar-refractivity contribution in [3.05, 3.63) is 29.8 Å². The first kappa shape index (κ1) is 20.7. The standard InChI is InChI=1S/C21H34N2O3/c1-17(2)22-21(24)16-19-8-10-23(11-9-19)12-13-25-14-15-26-20-6-4-18(3)5-7-20/h4-7,17,19H,8-16H2,1-3H3,(H,22,24). The first-order chi connectivity index (χ1) is 12.5. The van der Waals surface area contributed by atoms with E-state index < -0.39 is 0 Å². The third kappa shape index (κ3) is 8.19. The van der Waals surface area contributed by atoms with Crippen molar-refractivity contribution in [1.29, 1.82) is 0 Å². The minimum atomic E-state index is 0.190. The molecule has 0 unspecified atom stereocenters. The molecule has 1 aromatic carbocycles. The summed E-state index contributed by atoms with van der Waals surface area (Å²) in [6.07, 6.45) is 2.86. The number of carbonyl (C=O) groups excluding carboxylic acids is 1. The molecular formula is C21H34N2O3. The van der Waals surface area contributed by atoms with E-state index in [-0.39, 0.29) is 11.9 Å². The highest BCUT2D eigenvalue weighted by Gasteiger charge is 2.21. The number of ether oxygens (including phenoxy) is 2. The van der Waals surface area contributed by atoms with Crippen molar-refractivity contribution < 1.29 is 14.3 Å². The Morgan fingerprint density at radius 3 is 2.50 bits per heavy atom. The summed E-state index contributed by atoms with van der Waals surface area (Å²) in [5.41, 5.74) is 1.23. The molecule has 0 radical (unpaired) electrons. The normalized spacial score (nSPS) is 16.0. The quantitative estimate of drug-likeness (QED) is 0.650. The zero-order valence-corrected chi connectivity index (χ0v) is 16.5. The van der Waals surface area contributed by atoms with Gasteiger partial charge in [-0.05, 0) is 64.8 Å². The lowest BCUT2D eigenvalue weighted by Crippen LogP contribution is -2.38. The van der Waals surface area contributed by atoms with Crippen LogP contribution in [0, 0.1) is 12.8 Å². The molecule has 1 aromatic rings. The lowest BCUT2D eigenvalue weighted by molar-refractivity contribution is -0.122. The summed E-state index contributed by atoms with van der Waals surface area (Å²) in [5, 5.41) is 2.99. The van der Waals surface area contributed by atoms with Gasteiger partial charge in [0.15, 0.2) is 0 Å². The first-order valence-corrected chi connectivity index (χ1v) is 9.82. The third-order valence-electron chi connectivity index (χ3n) is 4.70. The topological polar surface area (TPSA) is 50.8 Å². The van der Waals surface area contributed by atoms with Crippen molar-refractivity contribution in [3.8, 4) is 5.75 Å². The van der Waals surface area contributed by atoms with Crippen LogP contribution in [0.3, 0.4) is 0 Å². The van der Waals surface area contributed by atoms with E-state index in [1.54, 1.807) is 0 Å². The molecule has 1 fully saturated rings. The Bertz CT molecular complexity index is 523. The molecule has 0 aliphatic carbocycles. The molecule has 1 N–H and O–H groups in total. The monoisotopic (exact) mass is 362 g/mol. The summed E-state index contributed by atoms with van der Waals surface area (Å²) in [6, 6.07) is 8.30. The summed E-state index contributed by atoms with van der Waals surface area (Å²) < 4.78 is 11.3. The summed E-state index contributed by atoms with van der Waals surface area (Å²) >= 11 is 0. The second-order valence-corrected chi connectivity index (χ2v) is 7.49. The maximum Gasteiger partial charge on any atom is 0.220 e. The van der Waals surface area contributed by atoms with E-state index in [0.717, 1.165) is 44.8 Å². The van der Waals surface area contributed by atoms with E-state index in [1.807, 2.05) is 38.1 Å². The molecule has 1 aliphatic rings. The molecule has 0 spiro atoms. The average Bonchev–Trinajstić information content (AvgIpc) is 2.60. The molecule has 1 aliphatic heterocycles. The summed E-state index contributed by atoms with van der Waals surface area (Å²) in [6.45, 7) is 11.1. The minimum Gasteiger partial charge on any atom is -0.491 e. The molecule has 0 atom stereocenters. The summed E-state index contributed by atoms with van der Waals surface area (Å²) in [7, 11) is 0. The van der Waals surface area contributed by atoms with Gasteiger partial charge in [0.2, 0.25) is 5.91 Å². The van der Waals surface area contributed by atoms with Gasteiger partial charge in [-0.15, -0.1) is 0 Å². The van der Waals surface area contributed by atoms with Crippen molar-refractivity contribution >= 4 is 5.91 Å². The molecule has 1 saturated heterocycles. The number of hydrogen-bond acceptors (Lipinski definition) is 4. The Morgan fingerprint density at radius 2 is 1.85 bits per heavy atom. The summed E-state index contributed by atoms with van der Waals surface area (Å²) in [4.78, 5) is 14.3. The van der Waals surface area contributed by atoms with Crippen LogP contribution in [0.5, 0.6) is 5.75 Å². The van der Waals surface area contributed by atoms with Gasteiger partial charge in [-0.1, -0.05) is 17.7 Å². The van der Waals surface area contributed by atoms with Crippen LogP contribution < -0.4 is 10.1 Å². The lowest BCUT2D eigenvalue weighted by atomic mass is 9.93. The van der Waals surface area contributed by atoms with E-state index in [4.69, 9.17) is 9.47 Å². The number of likely N-dealkylation sites (tertiary alicyclic amines) is 1. The molecule has 2 rings (SSSR count). The smallest absolute Gasteiger partial charge is 0.220 e. The van der Waals surface area contributed by atoms with Gasteiger partial charge in [0.25, 0.3) is 0 Å². The van der Waals surface area contributed by atoms with Gasteiger partial charge in [0.05, 0.1) is 13.2 Å². The van der Waals surface area contributed by atoms with Gasteiger partial charge in [-0.2, -0.15) is 0 Å². The Balaban J connectivity index is 1.48. The molecule has 0 aromatic heterocycles. The van der Waals surface area contributed by atoms with Crippen molar-refractivity contribution in [3.63, 3.8) is 0 Å².